The van der Waals surface area contributed by atoms with Crippen molar-refractivity contribution in [2.24, 2.45) is 0 Å². The van der Waals surface area contributed by atoms with Gasteiger partial charge in [-0.3, -0.25) is 14.4 Å². The number of nitrogens with one attached hydrogen (secondary N) is 2. The second-order valence-corrected chi connectivity index (χ2v) is 10.1. The number of sulfonamides is 1. The van der Waals surface area contributed by atoms with Crippen LogP contribution in [0.5, 0.6) is 5.75 Å². The number of amides is 1. The molecule has 1 fully saturated rings. The van der Waals surface area contributed by atoms with Crippen LogP contribution in [0.25, 0.3) is 0 Å². The van der Waals surface area contributed by atoms with Crippen molar-refractivity contribution in [3.63, 3.8) is 0 Å². The highest BCUT2D eigenvalue weighted by molar-refractivity contribution is 7.92. The molecule has 4 rings (SSSR count). The molecule has 1 amide bonds. The predicted molar refractivity (Wildman–Crippen MR) is 133 cm³/mol. The first-order chi connectivity index (χ1) is 16.9. The van der Waals surface area contributed by atoms with Crippen LogP contribution in [0.3, 0.4) is 0 Å². The maximum absolute atomic E-state index is 13.1. The molecule has 0 aliphatic carbocycles. The third-order valence-electron chi connectivity index (χ3n) is 6.04. The molecular formula is C26H28FN3O4S. The minimum Gasteiger partial charge on any atom is -0.497 e. The van der Waals surface area contributed by atoms with Gasteiger partial charge in [0.1, 0.15) is 11.6 Å². The summed E-state index contributed by atoms with van der Waals surface area (Å²) in [5.41, 5.74) is 1.68. The Hall–Kier alpha value is -3.43. The number of likely N-dealkylation sites (tertiary alicyclic amines) is 1. The lowest BCUT2D eigenvalue weighted by molar-refractivity contribution is 0.0938. The summed E-state index contributed by atoms with van der Waals surface area (Å²) in [7, 11) is -2.24. The molecule has 9 heteroatoms. The molecule has 1 aliphatic heterocycles. The third kappa shape index (κ3) is 6.17. The number of hydrogen-bond acceptors (Lipinski definition) is 5. The highest BCUT2D eigenvalue weighted by atomic mass is 32.2. The Balaban J connectivity index is 1.43. The molecule has 0 saturated carbocycles. The number of anilines is 1. The Morgan fingerprint density at radius 3 is 2.37 bits per heavy atom. The van der Waals surface area contributed by atoms with Crippen LogP contribution >= 0.6 is 0 Å². The van der Waals surface area contributed by atoms with Crippen molar-refractivity contribution in [2.45, 2.75) is 23.8 Å². The van der Waals surface area contributed by atoms with Gasteiger partial charge >= 0.3 is 0 Å². The molecule has 3 aromatic rings. The Morgan fingerprint density at radius 1 is 1.03 bits per heavy atom. The van der Waals surface area contributed by atoms with E-state index in [0.29, 0.717) is 12.1 Å². The molecule has 1 atom stereocenters. The van der Waals surface area contributed by atoms with Gasteiger partial charge in [0.25, 0.3) is 15.9 Å². The van der Waals surface area contributed by atoms with E-state index in [1.165, 1.54) is 48.5 Å². The predicted octanol–water partition coefficient (Wildman–Crippen LogP) is 4.20. The summed E-state index contributed by atoms with van der Waals surface area (Å²) in [4.78, 5) is 15.2. The summed E-state index contributed by atoms with van der Waals surface area (Å²) in [5.74, 6) is 0.0262. The zero-order valence-electron chi connectivity index (χ0n) is 19.4. The first-order valence-electron chi connectivity index (χ1n) is 11.4. The second-order valence-electron chi connectivity index (χ2n) is 8.38. The quantitative estimate of drug-likeness (QED) is 0.463. The smallest absolute Gasteiger partial charge is 0.261 e. The maximum atomic E-state index is 13.1. The van der Waals surface area contributed by atoms with Crippen LogP contribution < -0.4 is 14.8 Å². The zero-order valence-corrected chi connectivity index (χ0v) is 20.2. The molecule has 2 N–H and O–H groups in total. The molecular weight excluding hydrogens is 469 g/mol. The molecule has 0 aromatic heterocycles. The van der Waals surface area contributed by atoms with Gasteiger partial charge in [-0.15, -0.1) is 0 Å². The molecule has 184 valence electrons. The first-order valence-corrected chi connectivity index (χ1v) is 12.9. The molecule has 35 heavy (non-hydrogen) atoms. The van der Waals surface area contributed by atoms with Crippen LogP contribution in [0.2, 0.25) is 0 Å². The van der Waals surface area contributed by atoms with Crippen molar-refractivity contribution in [3.8, 4) is 5.75 Å². The van der Waals surface area contributed by atoms with Crippen LogP contribution in [-0.4, -0.2) is 46.0 Å². The fourth-order valence-electron chi connectivity index (χ4n) is 4.17. The zero-order chi connectivity index (χ0) is 24.8. The maximum Gasteiger partial charge on any atom is 0.261 e. The Bertz CT molecular complexity index is 1260. The van der Waals surface area contributed by atoms with Crippen LogP contribution in [-0.2, 0) is 10.0 Å². The summed E-state index contributed by atoms with van der Waals surface area (Å²) in [6.45, 7) is 2.34. The lowest BCUT2D eigenvalue weighted by Gasteiger charge is -2.28. The molecule has 1 heterocycles. The van der Waals surface area contributed by atoms with E-state index in [0.717, 1.165) is 37.2 Å². The number of nitrogens with zero attached hydrogens (tertiary/aromatic N) is 1. The standard InChI is InChI=1S/C26H28FN3O4S/c1-34-23-6-4-5-20(17-23)25(30-15-2-3-16-30)18-28-26(31)19-7-13-24(14-8-19)35(32,33)29-22-11-9-21(27)10-12-22/h4-14,17,25,29H,2-3,15-16,18H2,1H3,(H,28,31)/t25-/m1/s1. The van der Waals surface area contributed by atoms with Crippen LogP contribution in [0.4, 0.5) is 10.1 Å². The molecule has 0 radical (unpaired) electrons. The number of halogens is 1. The summed E-state index contributed by atoms with van der Waals surface area (Å²) < 4.78 is 46.1. The second kappa shape index (κ2) is 10.9. The van der Waals surface area contributed by atoms with Gasteiger partial charge in [-0.2, -0.15) is 0 Å². The van der Waals surface area contributed by atoms with Crippen molar-refractivity contribution in [2.75, 3.05) is 31.5 Å². The average Bonchev–Trinajstić information content (AvgIpc) is 3.40. The molecule has 0 unspecified atom stereocenters. The lowest BCUT2D eigenvalue weighted by Crippen LogP contribution is -2.36. The minimum atomic E-state index is -3.87. The SMILES string of the molecule is COc1cccc([C@@H](CNC(=O)c2ccc(S(=O)(=O)Nc3ccc(F)cc3)cc2)N2CCCC2)c1. The minimum absolute atomic E-state index is 0.00435. The normalized spacial score (nSPS) is 14.9. The fraction of sp³-hybridized carbons (Fsp3) is 0.269. The molecule has 1 saturated heterocycles. The van der Waals surface area contributed by atoms with Crippen molar-refractivity contribution in [3.05, 3.63) is 89.7 Å². The molecule has 0 spiro atoms. The van der Waals surface area contributed by atoms with Gasteiger partial charge in [0.2, 0.25) is 0 Å². The first kappa shape index (κ1) is 24.7. The van der Waals surface area contributed by atoms with Gasteiger partial charge < -0.3 is 10.1 Å². The van der Waals surface area contributed by atoms with E-state index in [-0.39, 0.29) is 22.5 Å². The number of carbonyl (C=O) groups is 1. The number of rotatable bonds is 9. The third-order valence-corrected chi connectivity index (χ3v) is 7.44. The van der Waals surface area contributed by atoms with Crippen molar-refractivity contribution in [1.82, 2.24) is 10.2 Å². The Morgan fingerprint density at radius 2 is 1.71 bits per heavy atom. The number of methoxy groups -OCH3 is 1. The summed E-state index contributed by atoms with van der Waals surface area (Å²) in [5, 5.41) is 2.99. The topological polar surface area (TPSA) is 87.7 Å². The Kier molecular flexibility index (Phi) is 7.67. The van der Waals surface area contributed by atoms with Crippen LogP contribution in [0, 0.1) is 5.82 Å². The van der Waals surface area contributed by atoms with Crippen LogP contribution in [0.15, 0.2) is 77.7 Å². The number of hydrogen-bond donors (Lipinski definition) is 2. The average molecular weight is 498 g/mol. The van der Waals surface area contributed by atoms with E-state index in [1.54, 1.807) is 7.11 Å². The summed E-state index contributed by atoms with van der Waals surface area (Å²) in [6.07, 6.45) is 2.24. The van der Waals surface area contributed by atoms with Crippen molar-refractivity contribution in [1.29, 1.82) is 0 Å². The van der Waals surface area contributed by atoms with Gasteiger partial charge in [0.15, 0.2) is 0 Å². The molecule has 0 bridgehead atoms. The summed E-state index contributed by atoms with van der Waals surface area (Å²) in [6, 6.07) is 18.6. The van der Waals surface area contributed by atoms with E-state index < -0.39 is 15.8 Å². The highest BCUT2D eigenvalue weighted by Crippen LogP contribution is 2.27. The molecule has 1 aliphatic rings. The van der Waals surface area contributed by atoms with Gasteiger partial charge in [-0.25, -0.2) is 12.8 Å². The number of carbonyl (C=O) groups excluding carboxylic acids is 1. The van der Waals surface area contributed by atoms with Gasteiger partial charge in [0, 0.05) is 17.8 Å². The molecule has 7 nitrogen and oxygen atoms in total. The fourth-order valence-corrected chi connectivity index (χ4v) is 5.23. The van der Waals surface area contributed by atoms with Crippen molar-refractivity contribution >= 4 is 21.6 Å². The van der Waals surface area contributed by atoms with E-state index in [4.69, 9.17) is 4.74 Å². The highest BCUT2D eigenvalue weighted by Gasteiger charge is 2.24. The van der Waals surface area contributed by atoms with Gasteiger partial charge in [-0.1, -0.05) is 12.1 Å². The van der Waals surface area contributed by atoms with E-state index >= 15 is 0 Å². The van der Waals surface area contributed by atoms with E-state index in [9.17, 15) is 17.6 Å². The van der Waals surface area contributed by atoms with Crippen molar-refractivity contribution < 1.29 is 22.3 Å². The number of ether oxygens (including phenoxy) is 1. The van der Waals surface area contributed by atoms with Gasteiger partial charge in [0.05, 0.1) is 18.0 Å². The van der Waals surface area contributed by atoms with E-state index in [2.05, 4.69) is 14.9 Å². The lowest BCUT2D eigenvalue weighted by atomic mass is 10.0. The number of benzene rings is 3. The Labute approximate surface area is 205 Å². The summed E-state index contributed by atoms with van der Waals surface area (Å²) >= 11 is 0. The monoisotopic (exact) mass is 497 g/mol. The molecule has 3 aromatic carbocycles. The van der Waals surface area contributed by atoms with Gasteiger partial charge in [-0.05, 0) is 92.2 Å². The largest absolute Gasteiger partial charge is 0.497 e. The van der Waals surface area contributed by atoms with Crippen LogP contribution in [0.1, 0.15) is 34.8 Å². The van der Waals surface area contributed by atoms with E-state index in [1.807, 2.05) is 24.3 Å².